The molecule has 2 aromatic rings. The second-order valence-corrected chi connectivity index (χ2v) is 48.5. The molecule has 0 aromatic heterocycles. The second kappa shape index (κ2) is 26.3. The Labute approximate surface area is 397 Å². The van der Waals surface area contributed by atoms with Crippen LogP contribution in [0.25, 0.3) is 0 Å². The number of ether oxygens (including phenoxy) is 4. The molecule has 0 heterocycles. The van der Waals surface area contributed by atoms with Crippen LogP contribution in [0.3, 0.4) is 0 Å². The molecule has 0 unspecified atom stereocenters. The van der Waals surface area contributed by atoms with Crippen molar-refractivity contribution in [3.63, 3.8) is 0 Å². The first-order chi connectivity index (χ1) is 29.1. The molecule has 0 amide bonds. The summed E-state index contributed by atoms with van der Waals surface area (Å²) in [5, 5.41) is 0. The molecular weight excluding hydrogens is 905 g/mol. The Morgan fingerprint density at radius 2 is 0.766 bits per heavy atom. The van der Waals surface area contributed by atoms with Crippen LogP contribution < -0.4 is 9.47 Å². The summed E-state index contributed by atoms with van der Waals surface area (Å²) >= 11 is 0. The largest absolute Gasteiger partial charge is 0.491 e. The maximum absolute atomic E-state index is 12.7. The van der Waals surface area contributed by atoms with Crippen LogP contribution in [0.2, 0.25) is 104 Å². The highest BCUT2D eigenvalue weighted by molar-refractivity contribution is 6.88. The lowest BCUT2D eigenvalue weighted by molar-refractivity contribution is 0.0824. The van der Waals surface area contributed by atoms with Crippen molar-refractivity contribution in [3.8, 4) is 11.5 Å². The minimum Gasteiger partial charge on any atom is -0.491 e. The van der Waals surface area contributed by atoms with Gasteiger partial charge >= 0.3 is 17.1 Å². The number of ketones is 2. The van der Waals surface area contributed by atoms with Crippen molar-refractivity contribution in [1.82, 2.24) is 0 Å². The van der Waals surface area contributed by atoms with Crippen LogP contribution in [0.1, 0.15) is 87.9 Å². The molecule has 0 N–H and O–H groups in total. The Morgan fingerprint density at radius 3 is 1.05 bits per heavy atom. The van der Waals surface area contributed by atoms with Crippen LogP contribution in [0.15, 0.2) is 48.5 Å². The highest BCUT2D eigenvalue weighted by Gasteiger charge is 2.41. The monoisotopic (exact) mass is 997 g/mol. The van der Waals surface area contributed by atoms with Gasteiger partial charge in [-0.05, 0) is 172 Å². The van der Waals surface area contributed by atoms with Crippen LogP contribution in [-0.4, -0.2) is 102 Å². The Bertz CT molecular complexity index is 1620. The van der Waals surface area contributed by atoms with E-state index in [1.807, 2.05) is 83.1 Å². The average molecular weight is 998 g/mol. The topological polar surface area (TPSA) is 108 Å². The van der Waals surface area contributed by atoms with Crippen molar-refractivity contribution in [2.24, 2.45) is 10.8 Å². The van der Waals surface area contributed by atoms with Gasteiger partial charge in [-0.1, -0.05) is 48.0 Å². The van der Waals surface area contributed by atoms with Gasteiger partial charge in [-0.25, -0.2) is 0 Å². The summed E-state index contributed by atoms with van der Waals surface area (Å²) < 4.78 is 49.2. The summed E-state index contributed by atoms with van der Waals surface area (Å²) in [6.45, 7) is 46.5. The molecule has 0 fully saturated rings. The molecule has 0 aliphatic carbocycles. The summed E-state index contributed by atoms with van der Waals surface area (Å²) in [6, 6.07) is 16.7. The molecule has 2 aromatic carbocycles. The van der Waals surface area contributed by atoms with E-state index in [4.69, 9.17) is 35.4 Å². The molecule has 16 heteroatoms. The van der Waals surface area contributed by atoms with Gasteiger partial charge in [-0.3, -0.25) is 9.59 Å². The Morgan fingerprint density at radius 1 is 0.453 bits per heavy atom. The maximum Gasteiger partial charge on any atom is 0.314 e. The SMILES string of the molecule is CC(C)(C)C(=O)c1ccc(OCCOCCC[Si](C)(O[Si](C)(C)C)O[Si](C)(C)C)cc1.CCCC(C)(C)C(=O)c1ccc(OCCOCCC[Si](C)(O[Si](C)(C)C)O[Si](C)(C)C)cc1. The first-order valence-corrected chi connectivity index (χ1v) is 42.3. The van der Waals surface area contributed by atoms with Gasteiger partial charge in [0.05, 0.1) is 13.2 Å². The number of carbonyl (C=O) groups excluding carboxylic acids is 2. The molecule has 0 saturated carbocycles. The lowest BCUT2D eigenvalue weighted by Crippen LogP contribution is -2.52. The van der Waals surface area contributed by atoms with E-state index in [-0.39, 0.29) is 22.4 Å². The third-order valence-corrected chi connectivity index (χ3v) is 28.6. The maximum atomic E-state index is 12.7. The summed E-state index contributed by atoms with van der Waals surface area (Å²) in [6.07, 6.45) is 3.75. The van der Waals surface area contributed by atoms with E-state index >= 15 is 0 Å². The lowest BCUT2D eigenvalue weighted by atomic mass is 9.80. The summed E-state index contributed by atoms with van der Waals surface area (Å²) in [4.78, 5) is 25.0. The molecule has 0 aliphatic heterocycles. The Hall–Kier alpha value is -1.56. The molecule has 2 rings (SSSR count). The smallest absolute Gasteiger partial charge is 0.314 e. The van der Waals surface area contributed by atoms with Gasteiger partial charge in [0, 0.05) is 35.2 Å². The Kier molecular flexibility index (Phi) is 24.8. The third-order valence-electron chi connectivity index (χ3n) is 9.32. The number of hydrogen-bond donors (Lipinski definition) is 0. The first kappa shape index (κ1) is 60.5. The van der Waals surface area contributed by atoms with Gasteiger partial charge < -0.3 is 35.4 Å². The van der Waals surface area contributed by atoms with E-state index in [1.165, 1.54) is 0 Å². The van der Waals surface area contributed by atoms with E-state index in [0.717, 1.165) is 54.8 Å². The van der Waals surface area contributed by atoms with Gasteiger partial charge in [0.15, 0.2) is 44.8 Å². The van der Waals surface area contributed by atoms with Crippen LogP contribution in [0, 0.1) is 10.8 Å². The van der Waals surface area contributed by atoms with Crippen LogP contribution >= 0.6 is 0 Å². The standard InChI is InChI=1S/C25H48O5Si3.C23H44O5Si3/c1-11-17-25(2,3)24(26)22-13-15-23(16-14-22)28-20-19-27-18-12-21-33(10,29-31(4,5)6)30-32(7,8)9;1-23(2,3)22(24)20-12-14-21(15-13-20)26-18-17-25-16-11-19-31(10,27-29(4,5)6)28-30(7,8)9/h13-16H,11-12,17-21H2,1-10H3;12-15H,11,16-19H2,1-10H3. The highest BCUT2D eigenvalue weighted by atomic mass is 28.5. The molecule has 10 nitrogen and oxygen atoms in total. The molecule has 0 spiro atoms. The van der Waals surface area contributed by atoms with Crippen LogP contribution in [0.4, 0.5) is 0 Å². The molecule has 0 bridgehead atoms. The number of carbonyl (C=O) groups is 2. The number of rotatable bonds is 29. The van der Waals surface area contributed by atoms with E-state index < -0.39 is 50.4 Å². The van der Waals surface area contributed by atoms with Crippen LogP contribution in [-0.2, 0) is 25.9 Å². The lowest BCUT2D eigenvalue weighted by Gasteiger charge is -2.38. The van der Waals surface area contributed by atoms with E-state index in [1.54, 1.807) is 0 Å². The van der Waals surface area contributed by atoms with Gasteiger partial charge in [-0.2, -0.15) is 0 Å². The summed E-state index contributed by atoms with van der Waals surface area (Å²) in [5.41, 5.74) is 0.745. The summed E-state index contributed by atoms with van der Waals surface area (Å²) in [5.74, 6) is 1.83. The quantitative estimate of drug-likeness (QED) is 0.0444. The normalized spacial score (nSPS) is 13.3. The van der Waals surface area contributed by atoms with Crippen molar-refractivity contribution in [1.29, 1.82) is 0 Å². The van der Waals surface area contributed by atoms with Crippen molar-refractivity contribution in [3.05, 3.63) is 59.7 Å². The first-order valence-electron chi connectivity index (χ1n) is 23.6. The van der Waals surface area contributed by atoms with Crippen LogP contribution in [0.5, 0.6) is 11.5 Å². The van der Waals surface area contributed by atoms with Gasteiger partial charge in [0.1, 0.15) is 24.7 Å². The summed E-state index contributed by atoms with van der Waals surface area (Å²) in [7, 11) is -11.0. The fourth-order valence-corrected chi connectivity index (χ4v) is 32.5. The molecule has 0 saturated heterocycles. The van der Waals surface area contributed by atoms with Crippen molar-refractivity contribution >= 4 is 62.0 Å². The number of Topliss-reactive ketones (excluding diaryl/α,β-unsaturated/α-hetero) is 2. The molecule has 368 valence electrons. The molecule has 64 heavy (non-hydrogen) atoms. The zero-order valence-corrected chi connectivity index (χ0v) is 50.2. The van der Waals surface area contributed by atoms with E-state index in [2.05, 4.69) is 98.6 Å². The van der Waals surface area contributed by atoms with E-state index in [9.17, 15) is 9.59 Å². The molecule has 0 radical (unpaired) electrons. The third kappa shape index (κ3) is 27.3. The highest BCUT2D eigenvalue weighted by Crippen LogP contribution is 2.30. The molecular formula is C48H92O10Si6. The fraction of sp³-hybridized carbons (Fsp3) is 0.708. The van der Waals surface area contributed by atoms with Gasteiger partial charge in [0.2, 0.25) is 0 Å². The van der Waals surface area contributed by atoms with Crippen molar-refractivity contribution in [2.75, 3.05) is 39.6 Å². The predicted molar refractivity (Wildman–Crippen MR) is 282 cm³/mol. The average Bonchev–Trinajstić information content (AvgIpc) is 3.10. The Balaban J connectivity index is 0.000000641. The van der Waals surface area contributed by atoms with Crippen molar-refractivity contribution in [2.45, 2.75) is 171 Å². The number of benzene rings is 2. The van der Waals surface area contributed by atoms with Gasteiger partial charge in [0.25, 0.3) is 0 Å². The zero-order valence-electron chi connectivity index (χ0n) is 44.2. The van der Waals surface area contributed by atoms with Gasteiger partial charge in [-0.15, -0.1) is 0 Å². The van der Waals surface area contributed by atoms with Crippen molar-refractivity contribution < 1.29 is 45.0 Å². The minimum atomic E-state index is -2.19. The van der Waals surface area contributed by atoms with E-state index in [0.29, 0.717) is 45.2 Å². The number of hydrogen-bond acceptors (Lipinski definition) is 10. The molecule has 0 aliphatic rings. The second-order valence-electron chi connectivity index (χ2n) is 22.8. The molecule has 0 atom stereocenters. The predicted octanol–water partition coefficient (Wildman–Crippen LogP) is 13.7. The zero-order chi connectivity index (χ0) is 49.3. The fourth-order valence-electron chi connectivity index (χ4n) is 7.44. The minimum absolute atomic E-state index is 0.133.